The highest BCUT2D eigenvalue weighted by Gasteiger charge is 2.06. The van der Waals surface area contributed by atoms with Crippen LogP contribution in [0.5, 0.6) is 0 Å². The highest BCUT2D eigenvalue weighted by Crippen LogP contribution is 2.15. The topological polar surface area (TPSA) is 63.1 Å². The molecule has 1 aromatic carbocycles. The van der Waals surface area contributed by atoms with Crippen LogP contribution in [0.3, 0.4) is 0 Å². The molecule has 0 aliphatic rings. The van der Waals surface area contributed by atoms with Crippen molar-refractivity contribution in [2.75, 3.05) is 13.1 Å². The Kier molecular flexibility index (Phi) is 4.76. The van der Waals surface area contributed by atoms with E-state index >= 15 is 0 Å². The molecule has 2 rings (SSSR count). The summed E-state index contributed by atoms with van der Waals surface area (Å²) in [5, 5.41) is 6.41. The second-order valence-corrected chi connectivity index (χ2v) is 4.55. The van der Waals surface area contributed by atoms with Gasteiger partial charge >= 0.3 is 0 Å². The number of rotatable bonds is 6. The summed E-state index contributed by atoms with van der Waals surface area (Å²) >= 11 is 0. The lowest BCUT2D eigenvalue weighted by molar-refractivity contribution is -0.126. The number of para-hydroxylation sites is 1. The molecule has 0 aliphatic heterocycles. The van der Waals surface area contributed by atoms with E-state index in [2.05, 4.69) is 10.6 Å². The number of nitrogens with one attached hydrogen (secondary N) is 2. The van der Waals surface area contributed by atoms with Crippen molar-refractivity contribution in [2.24, 2.45) is 0 Å². The van der Waals surface area contributed by atoms with E-state index in [1.165, 1.54) is 0 Å². The first-order chi connectivity index (χ1) is 9.70. The third kappa shape index (κ3) is 3.60. The van der Waals surface area contributed by atoms with E-state index < -0.39 is 0 Å². The van der Waals surface area contributed by atoms with Crippen LogP contribution in [-0.4, -0.2) is 29.5 Å². The van der Waals surface area contributed by atoms with E-state index in [0.29, 0.717) is 19.5 Å². The Labute approximate surface area is 118 Å². The van der Waals surface area contributed by atoms with Gasteiger partial charge in [0.2, 0.25) is 11.8 Å². The van der Waals surface area contributed by atoms with E-state index in [4.69, 9.17) is 0 Å². The van der Waals surface area contributed by atoms with Crippen LogP contribution in [0, 0.1) is 0 Å². The van der Waals surface area contributed by atoms with Crippen molar-refractivity contribution >= 4 is 22.7 Å². The summed E-state index contributed by atoms with van der Waals surface area (Å²) in [6, 6.07) is 10.1. The van der Waals surface area contributed by atoms with Gasteiger partial charge in [-0.2, -0.15) is 0 Å². The van der Waals surface area contributed by atoms with Crippen LogP contribution in [-0.2, 0) is 16.1 Å². The van der Waals surface area contributed by atoms with E-state index in [1.54, 1.807) is 0 Å². The number of aryl methyl sites for hydroxylation is 1. The van der Waals surface area contributed by atoms with Gasteiger partial charge in [0.25, 0.3) is 0 Å². The molecule has 1 aromatic heterocycles. The van der Waals surface area contributed by atoms with Gasteiger partial charge in [-0.05, 0) is 24.4 Å². The Morgan fingerprint density at radius 2 is 1.90 bits per heavy atom. The molecule has 0 bridgehead atoms. The number of benzene rings is 1. The van der Waals surface area contributed by atoms with Crippen LogP contribution in [0.2, 0.25) is 0 Å². The molecule has 0 aliphatic carbocycles. The van der Waals surface area contributed by atoms with Crippen LogP contribution in [0.4, 0.5) is 0 Å². The molecule has 5 nitrogen and oxygen atoms in total. The molecule has 2 aromatic rings. The summed E-state index contributed by atoms with van der Waals surface area (Å²) in [6.45, 7) is 3.06. The monoisotopic (exact) mass is 273 g/mol. The van der Waals surface area contributed by atoms with Crippen molar-refractivity contribution in [2.45, 2.75) is 19.9 Å². The number of hydrogen-bond donors (Lipinski definition) is 2. The maximum absolute atomic E-state index is 11.7. The average molecular weight is 273 g/mol. The predicted octanol–water partition coefficient (Wildman–Crippen LogP) is 1.28. The third-order valence-corrected chi connectivity index (χ3v) is 3.08. The Morgan fingerprint density at radius 3 is 2.70 bits per heavy atom. The highest BCUT2D eigenvalue weighted by molar-refractivity contribution is 5.85. The fraction of sp³-hybridized carbons (Fsp3) is 0.333. The van der Waals surface area contributed by atoms with Crippen LogP contribution in [0.15, 0.2) is 36.5 Å². The van der Waals surface area contributed by atoms with E-state index in [9.17, 15) is 9.59 Å². The van der Waals surface area contributed by atoms with Gasteiger partial charge < -0.3 is 15.2 Å². The van der Waals surface area contributed by atoms with Crippen LogP contribution < -0.4 is 10.6 Å². The second kappa shape index (κ2) is 6.75. The summed E-state index contributed by atoms with van der Waals surface area (Å²) in [7, 11) is 0. The van der Waals surface area contributed by atoms with Crippen molar-refractivity contribution in [3.8, 4) is 0 Å². The molecule has 5 heteroatoms. The number of likely N-dealkylation sites (N-methyl/N-ethyl adjacent to an activating group) is 1. The molecule has 2 amide bonds. The SMILES string of the molecule is CCNC(=O)CNC(=O)CCn1ccc2ccccc21. The van der Waals surface area contributed by atoms with Crippen molar-refractivity contribution in [1.82, 2.24) is 15.2 Å². The second-order valence-electron chi connectivity index (χ2n) is 4.55. The summed E-state index contributed by atoms with van der Waals surface area (Å²) in [4.78, 5) is 22.9. The van der Waals surface area contributed by atoms with Gasteiger partial charge in [-0.3, -0.25) is 9.59 Å². The van der Waals surface area contributed by atoms with Gasteiger partial charge in [0, 0.05) is 31.2 Å². The van der Waals surface area contributed by atoms with Gasteiger partial charge in [-0.1, -0.05) is 18.2 Å². The smallest absolute Gasteiger partial charge is 0.239 e. The minimum absolute atomic E-state index is 0.0408. The summed E-state index contributed by atoms with van der Waals surface area (Å²) < 4.78 is 2.04. The lowest BCUT2D eigenvalue weighted by atomic mass is 10.2. The molecule has 0 saturated heterocycles. The maximum Gasteiger partial charge on any atom is 0.239 e. The molecule has 0 radical (unpaired) electrons. The fourth-order valence-electron chi connectivity index (χ4n) is 2.08. The molecule has 0 spiro atoms. The minimum Gasteiger partial charge on any atom is -0.355 e. The number of amides is 2. The van der Waals surface area contributed by atoms with Gasteiger partial charge in [-0.15, -0.1) is 0 Å². The normalized spacial score (nSPS) is 10.4. The molecule has 106 valence electrons. The number of aromatic nitrogens is 1. The van der Waals surface area contributed by atoms with Crippen molar-refractivity contribution in [1.29, 1.82) is 0 Å². The van der Waals surface area contributed by atoms with Gasteiger partial charge in [0.05, 0.1) is 6.54 Å². The number of carbonyl (C=O) groups is 2. The molecule has 2 N–H and O–H groups in total. The standard InChI is InChI=1S/C15H19N3O2/c1-2-16-15(20)11-17-14(19)8-10-18-9-7-12-5-3-4-6-13(12)18/h3-7,9H,2,8,10-11H2,1H3,(H,16,20)(H,17,19). The van der Waals surface area contributed by atoms with Crippen LogP contribution in [0.1, 0.15) is 13.3 Å². The Morgan fingerprint density at radius 1 is 1.10 bits per heavy atom. The molecular weight excluding hydrogens is 254 g/mol. The molecule has 0 fully saturated rings. The summed E-state index contributed by atoms with van der Waals surface area (Å²) in [5.41, 5.74) is 1.11. The van der Waals surface area contributed by atoms with Gasteiger partial charge in [0.15, 0.2) is 0 Å². The largest absolute Gasteiger partial charge is 0.355 e. The summed E-state index contributed by atoms with van der Waals surface area (Å²) in [5.74, 6) is -0.277. The molecule has 0 atom stereocenters. The fourth-order valence-corrected chi connectivity index (χ4v) is 2.08. The van der Waals surface area contributed by atoms with Crippen LogP contribution >= 0.6 is 0 Å². The highest BCUT2D eigenvalue weighted by atomic mass is 16.2. The van der Waals surface area contributed by atoms with Crippen LogP contribution in [0.25, 0.3) is 10.9 Å². The maximum atomic E-state index is 11.7. The first-order valence-corrected chi connectivity index (χ1v) is 6.78. The first-order valence-electron chi connectivity index (χ1n) is 6.78. The number of nitrogens with zero attached hydrogens (tertiary/aromatic N) is 1. The quantitative estimate of drug-likeness (QED) is 0.833. The number of fused-ring (bicyclic) bond motifs is 1. The summed E-state index contributed by atoms with van der Waals surface area (Å²) in [6.07, 6.45) is 2.33. The molecule has 1 heterocycles. The molecule has 0 saturated carbocycles. The first kappa shape index (κ1) is 14.1. The number of hydrogen-bond acceptors (Lipinski definition) is 2. The number of carbonyl (C=O) groups excluding carboxylic acids is 2. The van der Waals surface area contributed by atoms with Crippen molar-refractivity contribution < 1.29 is 9.59 Å². The Hall–Kier alpha value is -2.30. The zero-order valence-electron chi connectivity index (χ0n) is 11.6. The zero-order chi connectivity index (χ0) is 14.4. The lowest BCUT2D eigenvalue weighted by Gasteiger charge is -2.07. The lowest BCUT2D eigenvalue weighted by Crippen LogP contribution is -2.36. The molecular formula is C15H19N3O2. The van der Waals surface area contributed by atoms with E-state index in [-0.39, 0.29) is 18.4 Å². The van der Waals surface area contributed by atoms with Gasteiger partial charge in [0.1, 0.15) is 0 Å². The van der Waals surface area contributed by atoms with Gasteiger partial charge in [-0.25, -0.2) is 0 Å². The third-order valence-electron chi connectivity index (χ3n) is 3.08. The average Bonchev–Trinajstić information content (AvgIpc) is 2.86. The Bertz CT molecular complexity index is 604. The Balaban J connectivity index is 1.83. The van der Waals surface area contributed by atoms with Crippen molar-refractivity contribution in [3.63, 3.8) is 0 Å². The predicted molar refractivity (Wildman–Crippen MR) is 78.2 cm³/mol. The van der Waals surface area contributed by atoms with Crippen molar-refractivity contribution in [3.05, 3.63) is 36.5 Å². The van der Waals surface area contributed by atoms with E-state index in [1.807, 2.05) is 48.0 Å². The zero-order valence-corrected chi connectivity index (χ0v) is 11.6. The molecule has 0 unspecified atom stereocenters. The van der Waals surface area contributed by atoms with E-state index in [0.717, 1.165) is 10.9 Å². The minimum atomic E-state index is -0.160. The molecule has 20 heavy (non-hydrogen) atoms.